The van der Waals surface area contributed by atoms with Crippen LogP contribution in [0.2, 0.25) is 0 Å². The van der Waals surface area contributed by atoms with Crippen LogP contribution in [0.1, 0.15) is 18.2 Å². The largest absolute Gasteiger partial charge is 0.269 e. The average molecular weight is 188 g/mol. The van der Waals surface area contributed by atoms with Crippen molar-refractivity contribution in [3.63, 3.8) is 0 Å². The molecule has 0 spiro atoms. The van der Waals surface area contributed by atoms with Gasteiger partial charge in [-0.05, 0) is 25.0 Å². The van der Waals surface area contributed by atoms with Crippen molar-refractivity contribution >= 4 is 5.65 Å². The topological polar surface area (TPSA) is 34.4 Å². The predicted octanol–water partition coefficient (Wildman–Crippen LogP) is 1.57. The molecule has 2 aromatic heterocycles. The average Bonchev–Trinajstić information content (AvgIpc) is 2.18. The molecule has 14 heavy (non-hydrogen) atoms. The molecule has 2 aromatic rings. The van der Waals surface area contributed by atoms with Gasteiger partial charge >= 0.3 is 0 Å². The molecule has 2 rings (SSSR count). The maximum absolute atomic E-state index is 11.6. The van der Waals surface area contributed by atoms with Crippen LogP contribution >= 0.6 is 0 Å². The molecule has 0 saturated carbocycles. The molecule has 0 aliphatic heterocycles. The molecule has 0 aromatic carbocycles. The lowest BCUT2D eigenvalue weighted by molar-refractivity contribution is 0.962. The van der Waals surface area contributed by atoms with E-state index in [4.69, 9.17) is 0 Å². The minimum Gasteiger partial charge on any atom is -0.269 e. The van der Waals surface area contributed by atoms with Gasteiger partial charge in [-0.3, -0.25) is 9.20 Å². The summed E-state index contributed by atoms with van der Waals surface area (Å²) in [4.78, 5) is 15.8. The molecule has 0 aliphatic rings. The van der Waals surface area contributed by atoms with Gasteiger partial charge in [0.25, 0.3) is 5.56 Å². The van der Waals surface area contributed by atoms with Crippen molar-refractivity contribution in [2.75, 3.05) is 0 Å². The lowest BCUT2D eigenvalue weighted by Gasteiger charge is -2.06. The summed E-state index contributed by atoms with van der Waals surface area (Å²) in [5.74, 6) is 0. The van der Waals surface area contributed by atoms with Crippen molar-refractivity contribution in [2.24, 2.45) is 0 Å². The van der Waals surface area contributed by atoms with Crippen LogP contribution in [0.15, 0.2) is 29.2 Å². The second-order valence-corrected chi connectivity index (χ2v) is 3.30. The zero-order valence-electron chi connectivity index (χ0n) is 8.32. The summed E-state index contributed by atoms with van der Waals surface area (Å²) in [6.07, 6.45) is 2.45. The van der Waals surface area contributed by atoms with Crippen molar-refractivity contribution in [1.82, 2.24) is 9.38 Å². The van der Waals surface area contributed by atoms with Gasteiger partial charge in [-0.1, -0.05) is 13.0 Å². The summed E-state index contributed by atoms with van der Waals surface area (Å²) in [6, 6.07) is 5.46. The third-order valence-corrected chi connectivity index (χ3v) is 2.39. The fourth-order valence-corrected chi connectivity index (χ4v) is 1.62. The SMILES string of the molecule is CCc1ccc(C)n2c(=O)ccnc12. The van der Waals surface area contributed by atoms with Gasteiger partial charge in [0.1, 0.15) is 5.65 Å². The highest BCUT2D eigenvalue weighted by Gasteiger charge is 2.03. The van der Waals surface area contributed by atoms with Crippen molar-refractivity contribution in [2.45, 2.75) is 20.3 Å². The Morgan fingerprint density at radius 3 is 2.86 bits per heavy atom. The van der Waals surface area contributed by atoms with Crippen molar-refractivity contribution in [1.29, 1.82) is 0 Å². The highest BCUT2D eigenvalue weighted by Crippen LogP contribution is 2.09. The number of hydrogen-bond acceptors (Lipinski definition) is 2. The van der Waals surface area contributed by atoms with Gasteiger partial charge in [0.15, 0.2) is 0 Å². The van der Waals surface area contributed by atoms with Crippen molar-refractivity contribution < 1.29 is 0 Å². The smallest absolute Gasteiger partial charge is 0.258 e. The van der Waals surface area contributed by atoms with Crippen LogP contribution in [-0.4, -0.2) is 9.38 Å². The van der Waals surface area contributed by atoms with E-state index in [-0.39, 0.29) is 5.56 Å². The Balaban J connectivity index is 2.99. The van der Waals surface area contributed by atoms with Crippen LogP contribution in [0.25, 0.3) is 5.65 Å². The predicted molar refractivity (Wildman–Crippen MR) is 55.6 cm³/mol. The molecule has 0 N–H and O–H groups in total. The van der Waals surface area contributed by atoms with E-state index in [1.165, 1.54) is 6.07 Å². The molecule has 0 aliphatic carbocycles. The molecule has 0 unspecified atom stereocenters. The van der Waals surface area contributed by atoms with Gasteiger partial charge in [0.05, 0.1) is 0 Å². The zero-order valence-corrected chi connectivity index (χ0v) is 8.32. The van der Waals surface area contributed by atoms with Crippen molar-refractivity contribution in [3.8, 4) is 0 Å². The van der Waals surface area contributed by atoms with E-state index in [0.717, 1.165) is 23.3 Å². The van der Waals surface area contributed by atoms with Crippen molar-refractivity contribution in [3.05, 3.63) is 46.0 Å². The summed E-state index contributed by atoms with van der Waals surface area (Å²) >= 11 is 0. The van der Waals surface area contributed by atoms with Gasteiger partial charge in [0.2, 0.25) is 0 Å². The lowest BCUT2D eigenvalue weighted by Crippen LogP contribution is -2.16. The van der Waals surface area contributed by atoms with E-state index in [0.29, 0.717) is 0 Å². The van der Waals surface area contributed by atoms with Crippen LogP contribution in [0, 0.1) is 6.92 Å². The summed E-state index contributed by atoms with van der Waals surface area (Å²) in [5.41, 5.74) is 2.80. The van der Waals surface area contributed by atoms with Gasteiger partial charge in [-0.2, -0.15) is 0 Å². The molecule has 0 saturated heterocycles. The Morgan fingerprint density at radius 1 is 1.36 bits per heavy atom. The fourth-order valence-electron chi connectivity index (χ4n) is 1.62. The number of hydrogen-bond donors (Lipinski definition) is 0. The van der Waals surface area contributed by atoms with E-state index in [9.17, 15) is 4.79 Å². The number of pyridine rings is 1. The molecule has 0 atom stereocenters. The van der Waals surface area contributed by atoms with Gasteiger partial charge in [-0.25, -0.2) is 4.98 Å². The number of aryl methyl sites for hydroxylation is 2. The van der Waals surface area contributed by atoms with E-state index in [2.05, 4.69) is 11.9 Å². The number of nitrogens with zero attached hydrogens (tertiary/aromatic N) is 2. The molecule has 0 amide bonds. The summed E-state index contributed by atoms with van der Waals surface area (Å²) in [6.45, 7) is 3.97. The molecule has 0 radical (unpaired) electrons. The summed E-state index contributed by atoms with van der Waals surface area (Å²) in [7, 11) is 0. The normalized spacial score (nSPS) is 10.7. The fraction of sp³-hybridized carbons (Fsp3) is 0.273. The van der Waals surface area contributed by atoms with Gasteiger partial charge < -0.3 is 0 Å². The summed E-state index contributed by atoms with van der Waals surface area (Å²) < 4.78 is 1.65. The van der Waals surface area contributed by atoms with Crippen LogP contribution in [-0.2, 0) is 6.42 Å². The van der Waals surface area contributed by atoms with E-state index in [1.807, 2.05) is 19.1 Å². The monoisotopic (exact) mass is 188 g/mol. The Bertz CT molecular complexity index is 528. The second kappa shape index (κ2) is 3.25. The maximum atomic E-state index is 11.6. The summed E-state index contributed by atoms with van der Waals surface area (Å²) in [5, 5.41) is 0. The van der Waals surface area contributed by atoms with E-state index >= 15 is 0 Å². The highest BCUT2D eigenvalue weighted by atomic mass is 16.1. The van der Waals surface area contributed by atoms with Crippen LogP contribution in [0.3, 0.4) is 0 Å². The third-order valence-electron chi connectivity index (χ3n) is 2.39. The van der Waals surface area contributed by atoms with E-state index in [1.54, 1.807) is 10.6 Å². The highest BCUT2D eigenvalue weighted by molar-refractivity contribution is 5.48. The Labute approximate surface area is 82.0 Å². The number of rotatable bonds is 1. The molecule has 3 heteroatoms. The van der Waals surface area contributed by atoms with Gasteiger partial charge in [0, 0.05) is 18.0 Å². The van der Waals surface area contributed by atoms with Crippen LogP contribution in [0.4, 0.5) is 0 Å². The third kappa shape index (κ3) is 1.21. The minimum atomic E-state index is -0.0113. The second-order valence-electron chi connectivity index (χ2n) is 3.30. The first kappa shape index (κ1) is 8.94. The minimum absolute atomic E-state index is 0.0113. The quantitative estimate of drug-likeness (QED) is 0.680. The molecule has 0 bridgehead atoms. The molecule has 2 heterocycles. The Morgan fingerprint density at radius 2 is 2.14 bits per heavy atom. The lowest BCUT2D eigenvalue weighted by atomic mass is 10.2. The van der Waals surface area contributed by atoms with Gasteiger partial charge in [-0.15, -0.1) is 0 Å². The van der Waals surface area contributed by atoms with Crippen LogP contribution < -0.4 is 5.56 Å². The van der Waals surface area contributed by atoms with Crippen LogP contribution in [0.5, 0.6) is 0 Å². The number of aromatic nitrogens is 2. The first-order valence-corrected chi connectivity index (χ1v) is 4.70. The zero-order chi connectivity index (χ0) is 10.1. The first-order valence-electron chi connectivity index (χ1n) is 4.70. The molecular weight excluding hydrogens is 176 g/mol. The number of fused-ring (bicyclic) bond motifs is 1. The maximum Gasteiger partial charge on any atom is 0.258 e. The Hall–Kier alpha value is -1.64. The Kier molecular flexibility index (Phi) is 2.08. The molecular formula is C11H12N2O. The first-order chi connectivity index (χ1) is 6.74. The molecule has 0 fully saturated rings. The molecule has 3 nitrogen and oxygen atoms in total. The van der Waals surface area contributed by atoms with E-state index < -0.39 is 0 Å². The molecule has 72 valence electrons. The standard InChI is InChI=1S/C11H12N2O/c1-3-9-5-4-8(2)13-10(14)6-7-12-11(9)13/h4-7H,3H2,1-2H3.